The summed E-state index contributed by atoms with van der Waals surface area (Å²) in [5.41, 5.74) is 0.832. The zero-order valence-corrected chi connectivity index (χ0v) is 16.1. The van der Waals surface area contributed by atoms with Crippen LogP contribution in [0.4, 0.5) is 13.2 Å². The molecule has 0 nitrogen and oxygen atoms in total. The van der Waals surface area contributed by atoms with Crippen LogP contribution in [0, 0.1) is 23.4 Å². The standard InChI is InChI=1S/C24H27F3/c1-3-5-6-8-18-13-14-19-15-20(23(26)24(27)21(19)22(18)25)17-11-9-16(7-4-2)10-12-17/h3-5,7,13-17H,6,8-12H2,1-2H3/b5-3+,7-4+. The normalized spacial score (nSPS) is 20.9. The van der Waals surface area contributed by atoms with E-state index in [2.05, 4.69) is 12.2 Å². The molecule has 0 amide bonds. The largest absolute Gasteiger partial charge is 0.206 e. The van der Waals surface area contributed by atoms with Crippen molar-refractivity contribution in [3.63, 3.8) is 0 Å². The Morgan fingerprint density at radius 1 is 0.926 bits per heavy atom. The molecule has 0 aliphatic heterocycles. The van der Waals surface area contributed by atoms with Gasteiger partial charge in [-0.15, -0.1) is 0 Å². The number of aryl methyl sites for hydroxylation is 1. The highest BCUT2D eigenvalue weighted by molar-refractivity contribution is 5.85. The lowest BCUT2D eigenvalue weighted by Crippen LogP contribution is -2.14. The van der Waals surface area contributed by atoms with Gasteiger partial charge in [-0.1, -0.05) is 36.4 Å². The second kappa shape index (κ2) is 8.77. The Hall–Kier alpha value is -2.03. The van der Waals surface area contributed by atoms with Crippen LogP contribution in [0.25, 0.3) is 10.8 Å². The molecule has 1 aliphatic carbocycles. The van der Waals surface area contributed by atoms with Gasteiger partial charge < -0.3 is 0 Å². The van der Waals surface area contributed by atoms with Gasteiger partial charge in [0.25, 0.3) is 0 Å². The first-order valence-electron chi connectivity index (χ1n) is 9.89. The van der Waals surface area contributed by atoms with E-state index in [-0.39, 0.29) is 11.3 Å². The van der Waals surface area contributed by atoms with E-state index in [4.69, 9.17) is 0 Å². The monoisotopic (exact) mass is 372 g/mol. The van der Waals surface area contributed by atoms with Crippen molar-refractivity contribution in [2.45, 2.75) is 58.3 Å². The Morgan fingerprint density at radius 2 is 1.67 bits per heavy atom. The topological polar surface area (TPSA) is 0 Å². The highest BCUT2D eigenvalue weighted by atomic mass is 19.2. The van der Waals surface area contributed by atoms with Crippen molar-refractivity contribution in [2.75, 3.05) is 0 Å². The summed E-state index contributed by atoms with van der Waals surface area (Å²) in [6, 6.07) is 5.08. The van der Waals surface area contributed by atoms with Gasteiger partial charge in [0, 0.05) is 0 Å². The smallest absolute Gasteiger partial charge is 0.169 e. The molecule has 144 valence electrons. The molecular formula is C24H27F3. The predicted octanol–water partition coefficient (Wildman–Crippen LogP) is 7.62. The van der Waals surface area contributed by atoms with Gasteiger partial charge >= 0.3 is 0 Å². The molecule has 27 heavy (non-hydrogen) atoms. The highest BCUT2D eigenvalue weighted by Crippen LogP contribution is 2.40. The van der Waals surface area contributed by atoms with Gasteiger partial charge in [-0.05, 0) is 86.8 Å². The summed E-state index contributed by atoms with van der Waals surface area (Å²) in [4.78, 5) is 0. The Bertz CT molecular complexity index is 856. The third-order valence-corrected chi connectivity index (χ3v) is 5.72. The molecule has 3 rings (SSSR count). The van der Waals surface area contributed by atoms with E-state index in [0.717, 1.165) is 25.7 Å². The second-order valence-electron chi connectivity index (χ2n) is 7.48. The Kier molecular flexibility index (Phi) is 6.41. The molecule has 0 unspecified atom stereocenters. The Balaban J connectivity index is 1.93. The van der Waals surface area contributed by atoms with Crippen molar-refractivity contribution in [3.8, 4) is 0 Å². The molecule has 1 fully saturated rings. The van der Waals surface area contributed by atoms with Crippen LogP contribution in [0.5, 0.6) is 0 Å². The Morgan fingerprint density at radius 3 is 2.33 bits per heavy atom. The molecular weight excluding hydrogens is 345 g/mol. The van der Waals surface area contributed by atoms with Crippen LogP contribution in [-0.4, -0.2) is 0 Å². The fraction of sp³-hybridized carbons (Fsp3) is 0.417. The van der Waals surface area contributed by atoms with E-state index in [0.29, 0.717) is 35.3 Å². The van der Waals surface area contributed by atoms with Crippen LogP contribution < -0.4 is 0 Å². The molecule has 0 spiro atoms. The van der Waals surface area contributed by atoms with Crippen molar-refractivity contribution < 1.29 is 13.2 Å². The number of benzene rings is 2. The van der Waals surface area contributed by atoms with Gasteiger partial charge in [-0.25, -0.2) is 13.2 Å². The maximum atomic E-state index is 14.8. The van der Waals surface area contributed by atoms with Crippen molar-refractivity contribution in [1.82, 2.24) is 0 Å². The lowest BCUT2D eigenvalue weighted by Gasteiger charge is -2.27. The summed E-state index contributed by atoms with van der Waals surface area (Å²) in [6.45, 7) is 3.91. The predicted molar refractivity (Wildman–Crippen MR) is 106 cm³/mol. The van der Waals surface area contributed by atoms with Crippen LogP contribution in [0.1, 0.15) is 63.0 Å². The third kappa shape index (κ3) is 4.12. The first-order chi connectivity index (χ1) is 13.1. The zero-order chi connectivity index (χ0) is 19.4. The van der Waals surface area contributed by atoms with Crippen molar-refractivity contribution in [3.05, 3.63) is 71.1 Å². The zero-order valence-electron chi connectivity index (χ0n) is 16.1. The molecule has 0 bridgehead atoms. The van der Waals surface area contributed by atoms with Crippen molar-refractivity contribution in [2.24, 2.45) is 5.92 Å². The lowest BCUT2D eigenvalue weighted by atomic mass is 9.78. The first-order valence-corrected chi connectivity index (χ1v) is 9.89. The van der Waals surface area contributed by atoms with E-state index in [1.807, 2.05) is 26.0 Å². The van der Waals surface area contributed by atoms with Crippen molar-refractivity contribution >= 4 is 10.8 Å². The number of halogens is 3. The number of rotatable bonds is 5. The number of hydrogen-bond donors (Lipinski definition) is 0. The molecule has 1 saturated carbocycles. The lowest BCUT2D eigenvalue weighted by molar-refractivity contribution is 0.364. The molecule has 1 aliphatic rings. The second-order valence-corrected chi connectivity index (χ2v) is 7.48. The van der Waals surface area contributed by atoms with E-state index in [1.54, 1.807) is 18.2 Å². The van der Waals surface area contributed by atoms with Gasteiger partial charge in [0.05, 0.1) is 5.39 Å². The van der Waals surface area contributed by atoms with Gasteiger partial charge in [-0.2, -0.15) is 0 Å². The highest BCUT2D eigenvalue weighted by Gasteiger charge is 2.26. The van der Waals surface area contributed by atoms with E-state index < -0.39 is 17.5 Å². The minimum absolute atomic E-state index is 0.00263. The minimum Gasteiger partial charge on any atom is -0.206 e. The summed E-state index contributed by atoms with van der Waals surface area (Å²) in [5, 5.41) is 0.239. The number of allylic oxidation sites excluding steroid dienone is 4. The summed E-state index contributed by atoms with van der Waals surface area (Å²) in [5.74, 6) is -2.01. The van der Waals surface area contributed by atoms with Crippen LogP contribution in [0.3, 0.4) is 0 Å². The van der Waals surface area contributed by atoms with Crippen LogP contribution in [0.2, 0.25) is 0 Å². The first kappa shape index (κ1) is 19.7. The molecule has 0 radical (unpaired) electrons. The van der Waals surface area contributed by atoms with Crippen LogP contribution in [0.15, 0.2) is 42.5 Å². The molecule has 0 aromatic heterocycles. The summed E-state index contributed by atoms with van der Waals surface area (Å²) in [6.07, 6.45) is 12.9. The summed E-state index contributed by atoms with van der Waals surface area (Å²) >= 11 is 0. The van der Waals surface area contributed by atoms with Crippen LogP contribution in [-0.2, 0) is 6.42 Å². The quantitative estimate of drug-likeness (QED) is 0.474. The maximum Gasteiger partial charge on any atom is 0.169 e. The number of fused-ring (bicyclic) bond motifs is 1. The summed E-state index contributed by atoms with van der Waals surface area (Å²) < 4.78 is 44.4. The van der Waals surface area contributed by atoms with Gasteiger partial charge in [0.2, 0.25) is 0 Å². The fourth-order valence-electron chi connectivity index (χ4n) is 4.24. The van der Waals surface area contributed by atoms with Crippen LogP contribution >= 0.6 is 0 Å². The summed E-state index contributed by atoms with van der Waals surface area (Å²) in [7, 11) is 0. The fourth-order valence-corrected chi connectivity index (χ4v) is 4.24. The SMILES string of the molecule is C/C=C/CCc1ccc2cc(C3CCC(/C=C/C)CC3)c(F)c(F)c2c1F. The average Bonchev–Trinajstić information content (AvgIpc) is 2.67. The molecule has 2 aromatic rings. The minimum atomic E-state index is -1.04. The molecule has 0 heterocycles. The van der Waals surface area contributed by atoms with Gasteiger partial charge in [0.15, 0.2) is 11.6 Å². The van der Waals surface area contributed by atoms with Gasteiger partial charge in [0.1, 0.15) is 5.82 Å². The van der Waals surface area contributed by atoms with Gasteiger partial charge in [-0.3, -0.25) is 0 Å². The van der Waals surface area contributed by atoms with Crippen molar-refractivity contribution in [1.29, 1.82) is 0 Å². The third-order valence-electron chi connectivity index (χ3n) is 5.72. The number of hydrogen-bond acceptors (Lipinski definition) is 0. The van der Waals surface area contributed by atoms with E-state index in [1.165, 1.54) is 0 Å². The molecule has 2 aromatic carbocycles. The molecule has 3 heteroatoms. The molecule has 0 N–H and O–H groups in total. The maximum absolute atomic E-state index is 14.8. The molecule has 0 atom stereocenters. The molecule has 0 saturated heterocycles. The van der Waals surface area contributed by atoms with E-state index >= 15 is 0 Å². The average molecular weight is 372 g/mol. The Labute approximate surface area is 159 Å². The van der Waals surface area contributed by atoms with E-state index in [9.17, 15) is 13.2 Å².